The minimum absolute atomic E-state index is 0.0158. The van der Waals surface area contributed by atoms with E-state index in [9.17, 15) is 9.59 Å². The topological polar surface area (TPSA) is 43.4 Å². The van der Waals surface area contributed by atoms with E-state index in [4.69, 9.17) is 4.74 Å². The third-order valence-electron chi connectivity index (χ3n) is 3.09. The Morgan fingerprint density at radius 2 is 2.29 bits per heavy atom. The van der Waals surface area contributed by atoms with Crippen molar-refractivity contribution in [3.8, 4) is 11.8 Å². The fraction of sp³-hybridized carbons (Fsp3) is 0.714. The van der Waals surface area contributed by atoms with E-state index >= 15 is 0 Å². The van der Waals surface area contributed by atoms with Gasteiger partial charge >= 0.3 is 5.97 Å². The molecule has 0 heterocycles. The molecule has 0 saturated heterocycles. The minimum atomic E-state index is -0.650. The summed E-state index contributed by atoms with van der Waals surface area (Å²) >= 11 is 0. The summed E-state index contributed by atoms with van der Waals surface area (Å²) in [5.74, 6) is 4.93. The molecule has 0 N–H and O–H groups in total. The predicted molar refractivity (Wildman–Crippen MR) is 65.2 cm³/mol. The van der Waals surface area contributed by atoms with Crippen LogP contribution in [0.15, 0.2) is 0 Å². The lowest BCUT2D eigenvalue weighted by atomic mass is 9.78. The molecule has 3 nitrogen and oxygen atoms in total. The van der Waals surface area contributed by atoms with Crippen molar-refractivity contribution in [2.45, 2.75) is 45.4 Å². The van der Waals surface area contributed by atoms with E-state index in [1.807, 2.05) is 0 Å². The average Bonchev–Trinajstić information content (AvgIpc) is 2.34. The van der Waals surface area contributed by atoms with Crippen LogP contribution in [0, 0.1) is 23.7 Å². The first-order valence-corrected chi connectivity index (χ1v) is 6.29. The van der Waals surface area contributed by atoms with Gasteiger partial charge in [0.25, 0.3) is 0 Å². The number of carbonyl (C=O) groups is 2. The second-order valence-electron chi connectivity index (χ2n) is 4.39. The van der Waals surface area contributed by atoms with Crippen LogP contribution in [0.4, 0.5) is 0 Å². The molecule has 0 amide bonds. The first-order chi connectivity index (χ1) is 8.20. The monoisotopic (exact) mass is 236 g/mol. The van der Waals surface area contributed by atoms with Crippen molar-refractivity contribution in [2.24, 2.45) is 11.8 Å². The number of hydrogen-bond donors (Lipinski definition) is 0. The van der Waals surface area contributed by atoms with Crippen LogP contribution in [-0.2, 0) is 14.3 Å². The fourth-order valence-electron chi connectivity index (χ4n) is 2.09. The maximum absolute atomic E-state index is 11.7. The smallest absolute Gasteiger partial charge is 0.317 e. The standard InChI is InChI=1S/C14H20O3/c1-3-4-5-6-8-11-9-7-10-12(15)13(11)14(16)17-2/h11,13H,3-5,7,9-10H2,1-2H3/t11-,13+/m0/s1. The van der Waals surface area contributed by atoms with Crippen LogP contribution in [0.25, 0.3) is 0 Å². The Kier molecular flexibility index (Phi) is 5.76. The van der Waals surface area contributed by atoms with Gasteiger partial charge in [0, 0.05) is 18.8 Å². The summed E-state index contributed by atoms with van der Waals surface area (Å²) in [6.45, 7) is 2.11. The number of esters is 1. The summed E-state index contributed by atoms with van der Waals surface area (Å²) in [5.41, 5.74) is 0. The molecule has 0 unspecified atom stereocenters. The van der Waals surface area contributed by atoms with E-state index in [1.54, 1.807) is 0 Å². The predicted octanol–water partition coefficient (Wildman–Crippen LogP) is 2.34. The molecule has 3 heteroatoms. The number of methoxy groups -OCH3 is 1. The van der Waals surface area contributed by atoms with E-state index in [0.29, 0.717) is 6.42 Å². The van der Waals surface area contributed by atoms with E-state index < -0.39 is 11.9 Å². The molecule has 1 aliphatic carbocycles. The molecule has 2 atom stereocenters. The number of Topliss-reactive ketones (excluding diaryl/α,β-unsaturated/α-hetero) is 1. The highest BCUT2D eigenvalue weighted by atomic mass is 16.5. The van der Waals surface area contributed by atoms with Gasteiger partial charge in [0.2, 0.25) is 0 Å². The van der Waals surface area contributed by atoms with Crippen molar-refractivity contribution < 1.29 is 14.3 Å². The molecule has 1 aliphatic rings. The first-order valence-electron chi connectivity index (χ1n) is 6.29. The number of hydrogen-bond acceptors (Lipinski definition) is 3. The van der Waals surface area contributed by atoms with Crippen LogP contribution in [0.5, 0.6) is 0 Å². The van der Waals surface area contributed by atoms with Crippen molar-refractivity contribution in [3.63, 3.8) is 0 Å². The van der Waals surface area contributed by atoms with Crippen molar-refractivity contribution in [2.75, 3.05) is 7.11 Å². The van der Waals surface area contributed by atoms with E-state index in [2.05, 4.69) is 18.8 Å². The molecule has 94 valence electrons. The Morgan fingerprint density at radius 3 is 2.94 bits per heavy atom. The third kappa shape index (κ3) is 3.89. The highest BCUT2D eigenvalue weighted by Crippen LogP contribution is 2.27. The number of unbranched alkanes of at least 4 members (excludes halogenated alkanes) is 2. The maximum Gasteiger partial charge on any atom is 0.317 e. The van der Waals surface area contributed by atoms with Crippen LogP contribution in [-0.4, -0.2) is 18.9 Å². The molecular formula is C14H20O3. The fourth-order valence-corrected chi connectivity index (χ4v) is 2.09. The highest BCUT2D eigenvalue weighted by molar-refractivity contribution is 6.00. The number of ether oxygens (including phenoxy) is 1. The summed E-state index contributed by atoms with van der Waals surface area (Å²) in [5, 5.41) is 0. The van der Waals surface area contributed by atoms with Gasteiger partial charge in [-0.05, 0) is 19.3 Å². The Morgan fingerprint density at radius 1 is 1.53 bits per heavy atom. The van der Waals surface area contributed by atoms with Gasteiger partial charge < -0.3 is 4.74 Å². The quantitative estimate of drug-likeness (QED) is 0.327. The van der Waals surface area contributed by atoms with Gasteiger partial charge in [-0.1, -0.05) is 19.3 Å². The Labute approximate surface area is 103 Å². The van der Waals surface area contributed by atoms with Gasteiger partial charge in [0.05, 0.1) is 7.11 Å². The molecule has 0 spiro atoms. The molecule has 1 fully saturated rings. The van der Waals surface area contributed by atoms with Crippen molar-refractivity contribution in [1.29, 1.82) is 0 Å². The zero-order valence-electron chi connectivity index (χ0n) is 10.6. The van der Waals surface area contributed by atoms with Gasteiger partial charge in [-0.25, -0.2) is 0 Å². The Hall–Kier alpha value is -1.30. The Bertz CT molecular complexity index is 327. The molecule has 17 heavy (non-hydrogen) atoms. The van der Waals surface area contributed by atoms with Crippen LogP contribution >= 0.6 is 0 Å². The van der Waals surface area contributed by atoms with Crippen molar-refractivity contribution in [1.82, 2.24) is 0 Å². The van der Waals surface area contributed by atoms with Crippen LogP contribution in [0.2, 0.25) is 0 Å². The number of carbonyl (C=O) groups excluding carboxylic acids is 2. The minimum Gasteiger partial charge on any atom is -0.468 e. The molecule has 1 saturated carbocycles. The summed E-state index contributed by atoms with van der Waals surface area (Å²) in [6.07, 6.45) is 5.15. The first kappa shape index (κ1) is 13.8. The lowest BCUT2D eigenvalue weighted by Gasteiger charge is -2.24. The van der Waals surface area contributed by atoms with Gasteiger partial charge in [-0.2, -0.15) is 0 Å². The third-order valence-corrected chi connectivity index (χ3v) is 3.09. The van der Waals surface area contributed by atoms with Gasteiger partial charge in [-0.3, -0.25) is 9.59 Å². The molecule has 0 aromatic carbocycles. The normalized spacial score (nSPS) is 23.8. The average molecular weight is 236 g/mol. The van der Waals surface area contributed by atoms with Gasteiger partial charge in [-0.15, -0.1) is 5.92 Å². The highest BCUT2D eigenvalue weighted by Gasteiger charge is 2.37. The van der Waals surface area contributed by atoms with E-state index in [1.165, 1.54) is 7.11 Å². The van der Waals surface area contributed by atoms with Crippen LogP contribution in [0.1, 0.15) is 45.4 Å². The maximum atomic E-state index is 11.7. The van der Waals surface area contributed by atoms with Crippen molar-refractivity contribution in [3.05, 3.63) is 0 Å². The summed E-state index contributed by atoms with van der Waals surface area (Å²) < 4.78 is 4.69. The van der Waals surface area contributed by atoms with E-state index in [-0.39, 0.29) is 11.7 Å². The van der Waals surface area contributed by atoms with Gasteiger partial charge in [0.1, 0.15) is 11.7 Å². The largest absolute Gasteiger partial charge is 0.468 e. The summed E-state index contributed by atoms with van der Waals surface area (Å²) in [6, 6.07) is 0. The number of ketones is 1. The Balaban J connectivity index is 2.68. The molecule has 0 aromatic rings. The SMILES string of the molecule is CCCCC#C[C@H]1CCCC(=O)[C@@H]1C(=O)OC. The zero-order valence-corrected chi connectivity index (χ0v) is 10.6. The molecule has 0 bridgehead atoms. The second kappa shape index (κ2) is 7.11. The van der Waals surface area contributed by atoms with Gasteiger partial charge in [0.15, 0.2) is 0 Å². The summed E-state index contributed by atoms with van der Waals surface area (Å²) in [4.78, 5) is 23.3. The zero-order chi connectivity index (χ0) is 12.7. The lowest BCUT2D eigenvalue weighted by Crippen LogP contribution is -2.35. The van der Waals surface area contributed by atoms with Crippen LogP contribution < -0.4 is 0 Å². The lowest BCUT2D eigenvalue weighted by molar-refractivity contribution is -0.152. The molecule has 0 aliphatic heterocycles. The molecular weight excluding hydrogens is 216 g/mol. The van der Waals surface area contributed by atoms with Crippen LogP contribution in [0.3, 0.4) is 0 Å². The van der Waals surface area contributed by atoms with Crippen molar-refractivity contribution >= 4 is 11.8 Å². The summed E-state index contributed by atoms with van der Waals surface area (Å²) in [7, 11) is 1.33. The van der Waals surface area contributed by atoms with E-state index in [0.717, 1.165) is 32.1 Å². The molecule has 0 aromatic heterocycles. The molecule has 0 radical (unpaired) electrons. The second-order valence-corrected chi connectivity index (χ2v) is 4.39. The number of rotatable bonds is 3. The molecule has 1 rings (SSSR count).